The van der Waals surface area contributed by atoms with Gasteiger partial charge in [0.25, 0.3) is 0 Å². The van der Waals surface area contributed by atoms with Crippen molar-refractivity contribution in [1.29, 1.82) is 0 Å². The van der Waals surface area contributed by atoms with E-state index in [2.05, 4.69) is 11.5 Å². The molecule has 2 aliphatic rings. The van der Waals surface area contributed by atoms with E-state index in [1.807, 2.05) is 35.4 Å². The molecular formula is C22H29N3O2. The molecule has 1 atom stereocenters. The average molecular weight is 367 g/mol. The third-order valence-electron chi connectivity index (χ3n) is 6.15. The zero-order chi connectivity index (χ0) is 18.8. The molecule has 5 nitrogen and oxygen atoms in total. The SMILES string of the molecule is COc1ccc(CCC(=O)N2CCC(n3c(C)cnc3C3CCC3)C2)cc1. The molecule has 4 rings (SSSR count). The molecular weight excluding hydrogens is 338 g/mol. The van der Waals surface area contributed by atoms with Gasteiger partial charge in [0.05, 0.1) is 13.2 Å². The molecule has 5 heteroatoms. The predicted molar refractivity (Wildman–Crippen MR) is 105 cm³/mol. The number of aryl methyl sites for hydroxylation is 2. The Balaban J connectivity index is 1.35. The smallest absolute Gasteiger partial charge is 0.222 e. The minimum atomic E-state index is 0.260. The number of likely N-dealkylation sites (tertiary alicyclic amines) is 1. The van der Waals surface area contributed by atoms with Crippen LogP contribution in [-0.2, 0) is 11.2 Å². The van der Waals surface area contributed by atoms with Gasteiger partial charge in [-0.05, 0) is 50.3 Å². The summed E-state index contributed by atoms with van der Waals surface area (Å²) in [5.74, 6) is 2.98. The summed E-state index contributed by atoms with van der Waals surface area (Å²) in [6.45, 7) is 3.82. The maximum atomic E-state index is 12.7. The van der Waals surface area contributed by atoms with Crippen molar-refractivity contribution in [2.45, 2.75) is 57.4 Å². The van der Waals surface area contributed by atoms with E-state index < -0.39 is 0 Å². The summed E-state index contributed by atoms with van der Waals surface area (Å²) in [5.41, 5.74) is 2.41. The maximum absolute atomic E-state index is 12.7. The number of carbonyl (C=O) groups excluding carboxylic acids is 1. The fraction of sp³-hybridized carbons (Fsp3) is 0.545. The molecule has 1 amide bonds. The third kappa shape index (κ3) is 3.73. The number of amides is 1. The van der Waals surface area contributed by atoms with Crippen LogP contribution >= 0.6 is 0 Å². The second-order valence-corrected chi connectivity index (χ2v) is 7.89. The highest BCUT2D eigenvalue weighted by Gasteiger charge is 2.32. The van der Waals surface area contributed by atoms with Crippen molar-refractivity contribution in [3.8, 4) is 5.75 Å². The van der Waals surface area contributed by atoms with Crippen molar-refractivity contribution in [2.75, 3.05) is 20.2 Å². The molecule has 1 saturated heterocycles. The summed E-state index contributed by atoms with van der Waals surface area (Å²) in [5, 5.41) is 0. The van der Waals surface area contributed by atoms with Crippen LogP contribution in [0, 0.1) is 6.92 Å². The van der Waals surface area contributed by atoms with Gasteiger partial charge in [-0.15, -0.1) is 0 Å². The van der Waals surface area contributed by atoms with Gasteiger partial charge in [-0.1, -0.05) is 18.6 Å². The number of hydrogen-bond donors (Lipinski definition) is 0. The van der Waals surface area contributed by atoms with Crippen LogP contribution in [0.4, 0.5) is 0 Å². The number of imidazole rings is 1. The van der Waals surface area contributed by atoms with E-state index in [-0.39, 0.29) is 5.91 Å². The third-order valence-corrected chi connectivity index (χ3v) is 6.15. The Morgan fingerprint density at radius 1 is 1.22 bits per heavy atom. The van der Waals surface area contributed by atoms with Crippen LogP contribution in [0.2, 0.25) is 0 Å². The molecule has 1 aromatic heterocycles. The highest BCUT2D eigenvalue weighted by atomic mass is 16.5. The number of nitrogens with zero attached hydrogens (tertiary/aromatic N) is 3. The van der Waals surface area contributed by atoms with Crippen molar-refractivity contribution in [2.24, 2.45) is 0 Å². The Morgan fingerprint density at radius 2 is 2.00 bits per heavy atom. The quantitative estimate of drug-likeness (QED) is 0.779. The van der Waals surface area contributed by atoms with E-state index in [0.717, 1.165) is 31.7 Å². The Morgan fingerprint density at radius 3 is 2.67 bits per heavy atom. The number of rotatable bonds is 6. The highest BCUT2D eigenvalue weighted by molar-refractivity contribution is 5.76. The number of hydrogen-bond acceptors (Lipinski definition) is 3. The van der Waals surface area contributed by atoms with Crippen molar-refractivity contribution >= 4 is 5.91 Å². The molecule has 1 aliphatic carbocycles. The van der Waals surface area contributed by atoms with Gasteiger partial charge in [0.1, 0.15) is 11.6 Å². The normalized spacial score (nSPS) is 19.9. The minimum absolute atomic E-state index is 0.260. The number of carbonyl (C=O) groups is 1. The van der Waals surface area contributed by atoms with Crippen molar-refractivity contribution < 1.29 is 9.53 Å². The first kappa shape index (κ1) is 18.1. The molecule has 1 unspecified atom stereocenters. The zero-order valence-corrected chi connectivity index (χ0v) is 16.4. The summed E-state index contributed by atoms with van der Waals surface area (Å²) < 4.78 is 7.61. The van der Waals surface area contributed by atoms with E-state index in [9.17, 15) is 4.79 Å². The second-order valence-electron chi connectivity index (χ2n) is 7.89. The molecule has 1 saturated carbocycles. The summed E-state index contributed by atoms with van der Waals surface area (Å²) >= 11 is 0. The first-order valence-corrected chi connectivity index (χ1v) is 10.1. The lowest BCUT2D eigenvalue weighted by atomic mass is 9.84. The molecule has 1 aromatic carbocycles. The number of ether oxygens (including phenoxy) is 1. The minimum Gasteiger partial charge on any atom is -0.497 e. The van der Waals surface area contributed by atoms with Crippen molar-refractivity contribution in [3.63, 3.8) is 0 Å². The first-order valence-electron chi connectivity index (χ1n) is 10.1. The maximum Gasteiger partial charge on any atom is 0.222 e. The van der Waals surface area contributed by atoms with E-state index in [1.54, 1.807) is 7.11 Å². The van der Waals surface area contributed by atoms with E-state index in [1.165, 1.54) is 36.3 Å². The van der Waals surface area contributed by atoms with Gasteiger partial charge in [-0.3, -0.25) is 4.79 Å². The fourth-order valence-corrected chi connectivity index (χ4v) is 4.29. The standard InChI is InChI=1S/C22H29N3O2/c1-16-14-23-22(18-4-3-5-18)25(16)19-12-13-24(15-19)21(26)11-8-17-6-9-20(27-2)10-7-17/h6-7,9-10,14,18-19H,3-5,8,11-13,15H2,1-2H3. The van der Waals surface area contributed by atoms with Crippen LogP contribution in [0.5, 0.6) is 5.75 Å². The van der Waals surface area contributed by atoms with Gasteiger partial charge in [0.15, 0.2) is 0 Å². The Hall–Kier alpha value is -2.30. The van der Waals surface area contributed by atoms with Crippen LogP contribution < -0.4 is 4.74 Å². The second kappa shape index (κ2) is 7.75. The fourth-order valence-electron chi connectivity index (χ4n) is 4.29. The number of methoxy groups -OCH3 is 1. The van der Waals surface area contributed by atoms with Crippen LogP contribution in [-0.4, -0.2) is 40.6 Å². The van der Waals surface area contributed by atoms with Gasteiger partial charge in [-0.2, -0.15) is 0 Å². The highest BCUT2D eigenvalue weighted by Crippen LogP contribution is 2.38. The van der Waals surface area contributed by atoms with E-state index >= 15 is 0 Å². The first-order chi connectivity index (χ1) is 13.2. The monoisotopic (exact) mass is 367 g/mol. The summed E-state index contributed by atoms with van der Waals surface area (Å²) in [7, 11) is 1.67. The molecule has 144 valence electrons. The average Bonchev–Trinajstić information content (AvgIpc) is 3.26. The number of aromatic nitrogens is 2. The van der Waals surface area contributed by atoms with Crippen LogP contribution in [0.1, 0.15) is 61.1 Å². The molecule has 0 spiro atoms. The van der Waals surface area contributed by atoms with Gasteiger partial charge in [0, 0.05) is 37.3 Å². The van der Waals surface area contributed by atoms with E-state index in [0.29, 0.717) is 18.4 Å². The molecule has 0 radical (unpaired) electrons. The van der Waals surface area contributed by atoms with Gasteiger partial charge >= 0.3 is 0 Å². The van der Waals surface area contributed by atoms with Crippen LogP contribution in [0.15, 0.2) is 30.5 Å². The Labute approximate surface area is 161 Å². The molecule has 2 heterocycles. The predicted octanol–water partition coefficient (Wildman–Crippen LogP) is 3.87. The van der Waals surface area contributed by atoms with Crippen molar-refractivity contribution in [3.05, 3.63) is 47.5 Å². The Kier molecular flexibility index (Phi) is 5.19. The molecule has 27 heavy (non-hydrogen) atoms. The van der Waals surface area contributed by atoms with Crippen molar-refractivity contribution in [1.82, 2.24) is 14.5 Å². The van der Waals surface area contributed by atoms with Gasteiger partial charge in [-0.25, -0.2) is 4.98 Å². The van der Waals surface area contributed by atoms with Crippen LogP contribution in [0.3, 0.4) is 0 Å². The molecule has 0 N–H and O–H groups in total. The van der Waals surface area contributed by atoms with Crippen LogP contribution in [0.25, 0.3) is 0 Å². The number of benzene rings is 1. The zero-order valence-electron chi connectivity index (χ0n) is 16.4. The topological polar surface area (TPSA) is 47.4 Å². The lowest BCUT2D eigenvalue weighted by molar-refractivity contribution is -0.130. The van der Waals surface area contributed by atoms with E-state index in [4.69, 9.17) is 9.72 Å². The lowest BCUT2D eigenvalue weighted by Gasteiger charge is -2.28. The summed E-state index contributed by atoms with van der Waals surface area (Å²) in [4.78, 5) is 19.4. The molecule has 0 bridgehead atoms. The Bertz CT molecular complexity index is 792. The molecule has 2 fully saturated rings. The summed E-state index contributed by atoms with van der Waals surface area (Å²) in [6.07, 6.45) is 8.21. The van der Waals surface area contributed by atoms with Gasteiger partial charge < -0.3 is 14.2 Å². The van der Waals surface area contributed by atoms with Gasteiger partial charge in [0.2, 0.25) is 5.91 Å². The summed E-state index contributed by atoms with van der Waals surface area (Å²) in [6, 6.07) is 8.37. The molecule has 2 aromatic rings. The lowest BCUT2D eigenvalue weighted by Crippen LogP contribution is -2.30. The largest absolute Gasteiger partial charge is 0.497 e. The molecule has 1 aliphatic heterocycles.